The highest BCUT2D eigenvalue weighted by atomic mass is 16.3. The number of hydrogen-bond donors (Lipinski definition) is 1. The van der Waals surface area contributed by atoms with Gasteiger partial charge in [-0.3, -0.25) is 14.5 Å². The average Bonchev–Trinajstić information content (AvgIpc) is 3.67. The number of nitrogens with zero attached hydrogens (tertiary/aromatic N) is 3. The molecule has 3 heterocycles. The summed E-state index contributed by atoms with van der Waals surface area (Å²) in [5, 5.41) is 3.09. The Morgan fingerprint density at radius 2 is 1.75 bits per heavy atom. The summed E-state index contributed by atoms with van der Waals surface area (Å²) in [7, 11) is 0. The molecule has 8 nitrogen and oxygen atoms in total. The molecular formula is C32H36N4O4. The summed E-state index contributed by atoms with van der Waals surface area (Å²) in [5.41, 5.74) is 4.25. The molecule has 0 bridgehead atoms. The number of rotatable bonds is 9. The van der Waals surface area contributed by atoms with Crippen LogP contribution in [0.3, 0.4) is 0 Å². The maximum absolute atomic E-state index is 13.6. The zero-order chi connectivity index (χ0) is 28.1. The SMILES string of the molecule is CC(C)C(=O)N1[C@H](C)CN(Cc2ccccc2Cc2ncco2)C[C@@H]1C(=O)NCc1ccc(-c2ccco2)cc1. The van der Waals surface area contributed by atoms with E-state index >= 15 is 0 Å². The molecule has 1 N–H and O–H groups in total. The highest BCUT2D eigenvalue weighted by Gasteiger charge is 2.40. The van der Waals surface area contributed by atoms with Crippen molar-refractivity contribution < 1.29 is 18.4 Å². The molecular weight excluding hydrogens is 504 g/mol. The third-order valence-corrected chi connectivity index (χ3v) is 7.38. The molecule has 2 aromatic heterocycles. The van der Waals surface area contributed by atoms with Crippen molar-refractivity contribution in [1.29, 1.82) is 0 Å². The number of hydrogen-bond acceptors (Lipinski definition) is 6. The van der Waals surface area contributed by atoms with Gasteiger partial charge in [0, 0.05) is 50.1 Å². The van der Waals surface area contributed by atoms with Crippen LogP contribution in [-0.4, -0.2) is 51.8 Å². The van der Waals surface area contributed by atoms with Crippen LogP contribution in [0, 0.1) is 5.92 Å². The van der Waals surface area contributed by atoms with Crippen LogP contribution < -0.4 is 5.32 Å². The molecule has 0 spiro atoms. The van der Waals surface area contributed by atoms with Crippen LogP contribution in [0.1, 0.15) is 43.4 Å². The normalized spacial score (nSPS) is 17.8. The molecule has 2 aromatic carbocycles. The molecule has 0 saturated carbocycles. The van der Waals surface area contributed by atoms with Crippen molar-refractivity contribution in [3.05, 3.63) is 102 Å². The van der Waals surface area contributed by atoms with Crippen LogP contribution in [0.4, 0.5) is 0 Å². The molecule has 1 aliphatic heterocycles. The summed E-state index contributed by atoms with van der Waals surface area (Å²) in [5.74, 6) is 1.13. The largest absolute Gasteiger partial charge is 0.464 e. The van der Waals surface area contributed by atoms with Crippen molar-refractivity contribution in [2.75, 3.05) is 13.1 Å². The lowest BCUT2D eigenvalue weighted by Crippen LogP contribution is -2.64. The molecule has 1 fully saturated rings. The Morgan fingerprint density at radius 3 is 2.42 bits per heavy atom. The van der Waals surface area contributed by atoms with Gasteiger partial charge in [-0.25, -0.2) is 4.98 Å². The van der Waals surface area contributed by atoms with Crippen LogP contribution in [-0.2, 0) is 29.1 Å². The molecule has 0 aliphatic carbocycles. The zero-order valence-corrected chi connectivity index (χ0v) is 23.2. The number of carbonyl (C=O) groups is 2. The predicted octanol–water partition coefficient (Wildman–Crippen LogP) is 4.90. The van der Waals surface area contributed by atoms with Crippen LogP contribution in [0.2, 0.25) is 0 Å². The van der Waals surface area contributed by atoms with Gasteiger partial charge in [0.15, 0.2) is 5.89 Å². The summed E-state index contributed by atoms with van der Waals surface area (Å²) in [6, 6.07) is 19.2. The molecule has 8 heteroatoms. The van der Waals surface area contributed by atoms with E-state index in [9.17, 15) is 9.59 Å². The molecule has 4 aromatic rings. The Bertz CT molecular complexity index is 1400. The Kier molecular flexibility index (Phi) is 8.45. The number of benzene rings is 2. The maximum Gasteiger partial charge on any atom is 0.244 e. The molecule has 40 heavy (non-hydrogen) atoms. The Hall–Kier alpha value is -4.17. The van der Waals surface area contributed by atoms with Gasteiger partial charge in [0.1, 0.15) is 18.1 Å². The van der Waals surface area contributed by atoms with E-state index in [0.29, 0.717) is 38.5 Å². The number of amides is 2. The van der Waals surface area contributed by atoms with Crippen molar-refractivity contribution in [3.63, 3.8) is 0 Å². The van der Waals surface area contributed by atoms with Gasteiger partial charge < -0.3 is 19.1 Å². The van der Waals surface area contributed by atoms with Crippen molar-refractivity contribution in [3.8, 4) is 11.3 Å². The van der Waals surface area contributed by atoms with E-state index in [1.807, 2.05) is 69.3 Å². The molecule has 208 valence electrons. The van der Waals surface area contributed by atoms with Crippen LogP contribution in [0.5, 0.6) is 0 Å². The summed E-state index contributed by atoms with van der Waals surface area (Å²) in [6.45, 7) is 7.99. The first kappa shape index (κ1) is 27.4. The number of piperazine rings is 1. The summed E-state index contributed by atoms with van der Waals surface area (Å²) >= 11 is 0. The minimum atomic E-state index is -0.583. The van der Waals surface area contributed by atoms with E-state index in [4.69, 9.17) is 8.83 Å². The van der Waals surface area contributed by atoms with Gasteiger partial charge in [0.2, 0.25) is 11.8 Å². The monoisotopic (exact) mass is 540 g/mol. The summed E-state index contributed by atoms with van der Waals surface area (Å²) in [6.07, 6.45) is 5.49. The molecule has 1 saturated heterocycles. The first-order valence-corrected chi connectivity index (χ1v) is 13.8. The lowest BCUT2D eigenvalue weighted by molar-refractivity contribution is -0.150. The van der Waals surface area contributed by atoms with E-state index < -0.39 is 6.04 Å². The van der Waals surface area contributed by atoms with Gasteiger partial charge in [0.05, 0.1) is 12.5 Å². The van der Waals surface area contributed by atoms with Crippen molar-refractivity contribution in [2.24, 2.45) is 5.92 Å². The van der Waals surface area contributed by atoms with E-state index in [-0.39, 0.29) is 23.8 Å². The second kappa shape index (κ2) is 12.3. The lowest BCUT2D eigenvalue weighted by Gasteiger charge is -2.45. The van der Waals surface area contributed by atoms with Crippen molar-refractivity contribution >= 4 is 11.8 Å². The van der Waals surface area contributed by atoms with Crippen LogP contribution in [0.25, 0.3) is 11.3 Å². The smallest absolute Gasteiger partial charge is 0.244 e. The topological polar surface area (TPSA) is 91.8 Å². The lowest BCUT2D eigenvalue weighted by atomic mass is 9.99. The number of nitrogens with one attached hydrogen (secondary N) is 1. The fourth-order valence-electron chi connectivity index (χ4n) is 5.35. The summed E-state index contributed by atoms with van der Waals surface area (Å²) in [4.78, 5) is 35.2. The highest BCUT2D eigenvalue weighted by Crippen LogP contribution is 2.24. The fraction of sp³-hybridized carbons (Fsp3) is 0.344. The van der Waals surface area contributed by atoms with Gasteiger partial charge in [-0.05, 0) is 35.7 Å². The molecule has 2 atom stereocenters. The quantitative estimate of drug-likeness (QED) is 0.325. The van der Waals surface area contributed by atoms with Crippen molar-refractivity contribution in [2.45, 2.75) is 52.4 Å². The molecule has 0 unspecified atom stereocenters. The zero-order valence-electron chi connectivity index (χ0n) is 23.2. The first-order chi connectivity index (χ1) is 19.4. The van der Waals surface area contributed by atoms with Crippen molar-refractivity contribution in [1.82, 2.24) is 20.1 Å². The molecule has 5 rings (SSSR count). The first-order valence-electron chi connectivity index (χ1n) is 13.8. The number of oxazole rings is 1. The fourth-order valence-corrected chi connectivity index (χ4v) is 5.35. The standard InChI is InChI=1S/C32H36N4O4/c1-22(2)32(38)36-23(3)19-35(20-27-8-5-4-7-26(27)17-30-33-14-16-40-30)21-28(36)31(37)34-18-24-10-12-25(13-11-24)29-9-6-15-39-29/h4-16,22-23,28H,17-21H2,1-3H3,(H,34,37)/t23-,28-/m1/s1. The second-order valence-corrected chi connectivity index (χ2v) is 10.7. The van der Waals surface area contributed by atoms with Gasteiger partial charge in [-0.2, -0.15) is 0 Å². The highest BCUT2D eigenvalue weighted by molar-refractivity contribution is 5.89. The average molecular weight is 541 g/mol. The third-order valence-electron chi connectivity index (χ3n) is 7.38. The van der Waals surface area contributed by atoms with E-state index in [1.54, 1.807) is 23.6 Å². The summed E-state index contributed by atoms with van der Waals surface area (Å²) < 4.78 is 10.9. The van der Waals surface area contributed by atoms with Gasteiger partial charge >= 0.3 is 0 Å². The van der Waals surface area contributed by atoms with Gasteiger partial charge in [-0.15, -0.1) is 0 Å². The number of aromatic nitrogens is 1. The molecule has 1 aliphatic rings. The third kappa shape index (κ3) is 6.34. The molecule has 0 radical (unpaired) electrons. The van der Waals surface area contributed by atoms with Gasteiger partial charge in [0.25, 0.3) is 0 Å². The van der Waals surface area contributed by atoms with Gasteiger partial charge in [-0.1, -0.05) is 62.4 Å². The van der Waals surface area contributed by atoms with Crippen LogP contribution >= 0.6 is 0 Å². The van der Waals surface area contributed by atoms with E-state index in [0.717, 1.165) is 28.0 Å². The van der Waals surface area contributed by atoms with E-state index in [2.05, 4.69) is 27.3 Å². The number of carbonyl (C=O) groups excluding carboxylic acids is 2. The van der Waals surface area contributed by atoms with Crippen LogP contribution in [0.15, 0.2) is 88.2 Å². The Labute approximate surface area is 235 Å². The minimum Gasteiger partial charge on any atom is -0.464 e. The Balaban J connectivity index is 1.29. The minimum absolute atomic E-state index is 0.000561. The predicted molar refractivity (Wildman–Crippen MR) is 152 cm³/mol. The second-order valence-electron chi connectivity index (χ2n) is 10.7. The Morgan fingerprint density at radius 1 is 0.975 bits per heavy atom. The maximum atomic E-state index is 13.6. The molecule has 2 amide bonds. The number of furan rings is 1. The van der Waals surface area contributed by atoms with E-state index in [1.165, 1.54) is 0 Å².